The van der Waals surface area contributed by atoms with E-state index in [0.29, 0.717) is 11.3 Å². The van der Waals surface area contributed by atoms with E-state index >= 15 is 0 Å². The fourth-order valence-electron chi connectivity index (χ4n) is 1.61. The fraction of sp³-hybridized carbons (Fsp3) is 0.400. The number of ether oxygens (including phenoxy) is 1. The van der Waals surface area contributed by atoms with Crippen molar-refractivity contribution in [3.05, 3.63) is 29.3 Å². The Bertz CT molecular complexity index is 475. The summed E-state index contributed by atoms with van der Waals surface area (Å²) < 4.78 is 5.31. The van der Waals surface area contributed by atoms with Crippen LogP contribution in [0.2, 0.25) is 0 Å². The summed E-state index contributed by atoms with van der Waals surface area (Å²) in [5.41, 5.74) is 1.71. The highest BCUT2D eigenvalue weighted by atomic mass is 16.5. The van der Waals surface area contributed by atoms with Crippen molar-refractivity contribution >= 4 is 0 Å². The van der Waals surface area contributed by atoms with Crippen molar-refractivity contribution in [2.45, 2.75) is 32.6 Å². The van der Waals surface area contributed by atoms with Gasteiger partial charge in [-0.25, -0.2) is 0 Å². The smallest absolute Gasteiger partial charge is 0.148 e. The molecule has 0 aliphatic rings. The van der Waals surface area contributed by atoms with E-state index in [-0.39, 0.29) is 12.0 Å². The van der Waals surface area contributed by atoms with Gasteiger partial charge in [-0.3, -0.25) is 0 Å². The van der Waals surface area contributed by atoms with E-state index in [1.165, 1.54) is 0 Å². The van der Waals surface area contributed by atoms with E-state index in [1.807, 2.05) is 12.1 Å². The van der Waals surface area contributed by atoms with Crippen LogP contribution in [0.15, 0.2) is 18.2 Å². The molecule has 1 rings (SSSR count). The molecule has 1 aromatic rings. The van der Waals surface area contributed by atoms with Crippen molar-refractivity contribution in [3.63, 3.8) is 0 Å². The van der Waals surface area contributed by atoms with E-state index in [0.717, 1.165) is 12.0 Å². The van der Waals surface area contributed by atoms with Crippen molar-refractivity contribution in [2.24, 2.45) is 0 Å². The van der Waals surface area contributed by atoms with E-state index in [1.54, 1.807) is 6.07 Å². The van der Waals surface area contributed by atoms with Crippen LogP contribution in [0, 0.1) is 23.7 Å². The average Bonchev–Trinajstić information content (AvgIpc) is 2.35. The van der Waals surface area contributed by atoms with Crippen LogP contribution in [-0.2, 0) is 5.41 Å². The second-order valence-electron chi connectivity index (χ2n) is 4.55. The van der Waals surface area contributed by atoms with Crippen molar-refractivity contribution in [2.75, 3.05) is 6.61 Å². The molecule has 0 spiro atoms. The van der Waals surface area contributed by atoms with Crippen LogP contribution in [0.3, 0.4) is 0 Å². The van der Waals surface area contributed by atoms with Gasteiger partial charge in [0.15, 0.2) is 0 Å². The molecule has 0 N–H and O–H groups in total. The molecule has 88 valence electrons. The molecule has 0 saturated heterocycles. The summed E-state index contributed by atoms with van der Waals surface area (Å²) >= 11 is 0. The largest absolute Gasteiger partial charge is 0.481 e. The van der Waals surface area contributed by atoms with Crippen molar-refractivity contribution in [1.82, 2.24) is 0 Å². The van der Waals surface area contributed by atoms with Gasteiger partial charge in [0.1, 0.15) is 12.4 Å². The molecule has 0 aromatic heterocycles. The van der Waals surface area contributed by atoms with Crippen LogP contribution < -0.4 is 4.74 Å². The Morgan fingerprint density at radius 2 is 2.12 bits per heavy atom. The predicted octanol–water partition coefficient (Wildman–Crippen LogP) is 3.26. The number of hydrogen-bond acceptors (Lipinski definition) is 2. The van der Waals surface area contributed by atoms with Crippen LogP contribution in [0.4, 0.5) is 0 Å². The fourth-order valence-corrected chi connectivity index (χ4v) is 1.61. The van der Waals surface area contributed by atoms with Gasteiger partial charge in [-0.1, -0.05) is 32.8 Å². The Hall–Kier alpha value is -1.93. The Kier molecular flexibility index (Phi) is 4.18. The molecule has 0 unspecified atom stereocenters. The standard InChI is InChI=1S/C15H17NO/c1-5-9-17-13-7-8-14(12(10-13)11-16)15(3,4)6-2/h1,7-8,10H,6,9H2,2-4H3. The Morgan fingerprint density at radius 3 is 2.65 bits per heavy atom. The Balaban J connectivity index is 3.12. The molecule has 0 bridgehead atoms. The van der Waals surface area contributed by atoms with E-state index < -0.39 is 0 Å². The van der Waals surface area contributed by atoms with Crippen molar-refractivity contribution in [3.8, 4) is 24.2 Å². The molecule has 0 aliphatic carbocycles. The van der Waals surface area contributed by atoms with E-state index in [4.69, 9.17) is 11.2 Å². The number of terminal acetylenes is 1. The number of rotatable bonds is 4. The number of nitriles is 1. The van der Waals surface area contributed by atoms with Gasteiger partial charge in [0.25, 0.3) is 0 Å². The topological polar surface area (TPSA) is 33.0 Å². The van der Waals surface area contributed by atoms with Gasteiger partial charge in [0.05, 0.1) is 11.6 Å². The summed E-state index contributed by atoms with van der Waals surface area (Å²) in [4.78, 5) is 0. The summed E-state index contributed by atoms with van der Waals surface area (Å²) in [6.07, 6.45) is 6.11. The first-order chi connectivity index (χ1) is 8.05. The lowest BCUT2D eigenvalue weighted by Crippen LogP contribution is -2.17. The molecule has 1 aromatic carbocycles. The first-order valence-electron chi connectivity index (χ1n) is 5.66. The summed E-state index contributed by atoms with van der Waals surface area (Å²) in [5, 5.41) is 9.18. The maximum Gasteiger partial charge on any atom is 0.148 e. The lowest BCUT2D eigenvalue weighted by atomic mass is 9.80. The van der Waals surface area contributed by atoms with Gasteiger partial charge < -0.3 is 4.74 Å². The normalized spacial score (nSPS) is 10.4. The highest BCUT2D eigenvalue weighted by Crippen LogP contribution is 2.31. The zero-order valence-electron chi connectivity index (χ0n) is 10.6. The molecule has 0 saturated carbocycles. The summed E-state index contributed by atoms with van der Waals surface area (Å²) in [6, 6.07) is 7.79. The van der Waals surface area contributed by atoms with Crippen LogP contribution in [0.5, 0.6) is 5.75 Å². The maximum absolute atomic E-state index is 9.18. The first-order valence-corrected chi connectivity index (χ1v) is 5.66. The van der Waals surface area contributed by atoms with Crippen LogP contribution >= 0.6 is 0 Å². The molecule has 0 radical (unpaired) electrons. The van der Waals surface area contributed by atoms with E-state index in [2.05, 4.69) is 32.8 Å². The monoisotopic (exact) mass is 227 g/mol. The highest BCUT2D eigenvalue weighted by molar-refractivity contribution is 5.46. The summed E-state index contributed by atoms with van der Waals surface area (Å²) in [6.45, 7) is 6.60. The third-order valence-electron chi connectivity index (χ3n) is 3.05. The summed E-state index contributed by atoms with van der Waals surface area (Å²) in [7, 11) is 0. The summed E-state index contributed by atoms with van der Waals surface area (Å²) in [5.74, 6) is 3.05. The van der Waals surface area contributed by atoms with Gasteiger partial charge in [-0.2, -0.15) is 5.26 Å². The Morgan fingerprint density at radius 1 is 1.41 bits per heavy atom. The molecule has 17 heavy (non-hydrogen) atoms. The minimum absolute atomic E-state index is 0.00426. The minimum Gasteiger partial charge on any atom is -0.481 e. The van der Waals surface area contributed by atoms with Gasteiger partial charge in [-0.05, 0) is 29.5 Å². The molecule has 0 amide bonds. The van der Waals surface area contributed by atoms with Crippen molar-refractivity contribution in [1.29, 1.82) is 5.26 Å². The predicted molar refractivity (Wildman–Crippen MR) is 68.8 cm³/mol. The van der Waals surface area contributed by atoms with Crippen LogP contribution in [0.1, 0.15) is 38.3 Å². The number of hydrogen-bond donors (Lipinski definition) is 0. The minimum atomic E-state index is -0.00426. The Labute approximate surface area is 103 Å². The third-order valence-corrected chi connectivity index (χ3v) is 3.05. The molecule has 0 aliphatic heterocycles. The molecular weight excluding hydrogens is 210 g/mol. The third kappa shape index (κ3) is 3.02. The van der Waals surface area contributed by atoms with Crippen LogP contribution in [0.25, 0.3) is 0 Å². The lowest BCUT2D eigenvalue weighted by molar-refractivity contribution is 0.369. The van der Waals surface area contributed by atoms with Gasteiger partial charge in [0.2, 0.25) is 0 Å². The zero-order valence-corrected chi connectivity index (χ0v) is 10.6. The quantitative estimate of drug-likeness (QED) is 0.740. The molecule has 0 heterocycles. The number of nitrogens with zero attached hydrogens (tertiary/aromatic N) is 1. The van der Waals surface area contributed by atoms with Gasteiger partial charge in [0, 0.05) is 0 Å². The molecule has 0 fully saturated rings. The SMILES string of the molecule is C#CCOc1ccc(C(C)(C)CC)c(C#N)c1. The molecule has 2 nitrogen and oxygen atoms in total. The van der Waals surface area contributed by atoms with E-state index in [9.17, 15) is 5.26 Å². The maximum atomic E-state index is 9.18. The molecular formula is C15H17NO. The van der Waals surface area contributed by atoms with Gasteiger partial charge >= 0.3 is 0 Å². The first kappa shape index (κ1) is 13.1. The molecule has 0 atom stereocenters. The van der Waals surface area contributed by atoms with Gasteiger partial charge in [-0.15, -0.1) is 6.42 Å². The zero-order chi connectivity index (χ0) is 12.9. The lowest BCUT2D eigenvalue weighted by Gasteiger charge is -2.24. The van der Waals surface area contributed by atoms with Crippen molar-refractivity contribution < 1.29 is 4.74 Å². The average molecular weight is 227 g/mol. The number of benzene rings is 1. The highest BCUT2D eigenvalue weighted by Gasteiger charge is 2.21. The van der Waals surface area contributed by atoms with Crippen LogP contribution in [-0.4, -0.2) is 6.61 Å². The second kappa shape index (κ2) is 5.41. The second-order valence-corrected chi connectivity index (χ2v) is 4.55. The molecule has 2 heteroatoms.